The third kappa shape index (κ3) is 4.75. The quantitative estimate of drug-likeness (QED) is 0.363. The first kappa shape index (κ1) is 24.5. The van der Waals surface area contributed by atoms with Crippen LogP contribution in [0.2, 0.25) is 0 Å². The number of nitrogens with one attached hydrogen (secondary N) is 1. The number of fused-ring (bicyclic) bond motifs is 1. The first-order valence-corrected chi connectivity index (χ1v) is 12.0. The molecule has 1 atom stereocenters. The topological polar surface area (TPSA) is 121 Å². The van der Waals surface area contributed by atoms with Crippen molar-refractivity contribution >= 4 is 22.5 Å². The normalized spacial score (nSPS) is 11.6. The monoisotopic (exact) mass is 503 g/mol. The molecule has 2 aromatic carbocycles. The molecule has 3 heterocycles. The molecule has 0 spiro atoms. The maximum atomic E-state index is 14.1. The molecule has 5 rings (SSSR count). The van der Waals surface area contributed by atoms with E-state index in [-0.39, 0.29) is 17.1 Å². The van der Waals surface area contributed by atoms with Crippen molar-refractivity contribution in [3.8, 4) is 17.5 Å². The van der Waals surface area contributed by atoms with Crippen molar-refractivity contribution in [1.29, 1.82) is 0 Å². The highest BCUT2D eigenvalue weighted by Gasteiger charge is 2.21. The van der Waals surface area contributed by atoms with Crippen molar-refractivity contribution in [2.45, 2.75) is 19.9 Å². The van der Waals surface area contributed by atoms with Crippen LogP contribution in [-0.2, 0) is 7.05 Å². The van der Waals surface area contributed by atoms with Gasteiger partial charge in [-0.3, -0.25) is 18.8 Å². The highest BCUT2D eigenvalue weighted by molar-refractivity contribution is 5.96. The number of nitrogens with zero attached hydrogens (tertiary/aromatic N) is 5. The number of para-hydroxylation sites is 1. The average molecular weight is 504 g/mol. The molecule has 188 valence electrons. The molecule has 9 nitrogen and oxygen atoms in total. The van der Waals surface area contributed by atoms with Gasteiger partial charge in [-0.05, 0) is 43.5 Å². The fourth-order valence-corrected chi connectivity index (χ4v) is 4.28. The van der Waals surface area contributed by atoms with Gasteiger partial charge >= 0.3 is 0 Å². The molecule has 5 aromatic rings. The minimum absolute atomic E-state index is 0.0322. The number of carbonyl (C=O) groups excluding carboxylic acids is 1. The Bertz CT molecular complexity index is 1790. The Morgan fingerprint density at radius 3 is 2.58 bits per heavy atom. The van der Waals surface area contributed by atoms with Gasteiger partial charge in [0.1, 0.15) is 0 Å². The van der Waals surface area contributed by atoms with Gasteiger partial charge in [0.2, 0.25) is 0 Å². The second-order valence-electron chi connectivity index (χ2n) is 8.91. The molecule has 0 aliphatic rings. The van der Waals surface area contributed by atoms with E-state index in [2.05, 4.69) is 32.2 Å². The lowest BCUT2D eigenvalue weighted by atomic mass is 10.0. The Kier molecular flexibility index (Phi) is 6.46. The first-order chi connectivity index (χ1) is 18.3. The molecule has 9 heteroatoms. The van der Waals surface area contributed by atoms with Crippen molar-refractivity contribution in [3.05, 3.63) is 112 Å². The minimum atomic E-state index is -0.563. The molecule has 3 N–H and O–H groups in total. The van der Waals surface area contributed by atoms with E-state index < -0.39 is 11.9 Å². The van der Waals surface area contributed by atoms with E-state index in [1.807, 2.05) is 74.8 Å². The smallest absolute Gasteiger partial charge is 0.274 e. The van der Waals surface area contributed by atoms with Gasteiger partial charge in [-0.2, -0.15) is 5.10 Å². The predicted octanol–water partition coefficient (Wildman–Crippen LogP) is 3.30. The van der Waals surface area contributed by atoms with Crippen LogP contribution in [0.3, 0.4) is 0 Å². The predicted molar refractivity (Wildman–Crippen MR) is 146 cm³/mol. The first-order valence-electron chi connectivity index (χ1n) is 12.0. The number of hydrogen-bond acceptors (Lipinski definition) is 6. The van der Waals surface area contributed by atoms with E-state index in [4.69, 9.17) is 5.73 Å². The van der Waals surface area contributed by atoms with Gasteiger partial charge in [0.05, 0.1) is 28.9 Å². The van der Waals surface area contributed by atoms with Crippen molar-refractivity contribution in [1.82, 2.24) is 29.6 Å². The van der Waals surface area contributed by atoms with E-state index in [1.54, 1.807) is 22.4 Å². The molecular formula is C29H25N7O2. The van der Waals surface area contributed by atoms with E-state index in [0.29, 0.717) is 33.4 Å². The molecule has 0 saturated heterocycles. The van der Waals surface area contributed by atoms with Crippen molar-refractivity contribution < 1.29 is 4.79 Å². The number of rotatable bonds is 4. The van der Waals surface area contributed by atoms with Gasteiger partial charge < -0.3 is 11.1 Å². The summed E-state index contributed by atoms with van der Waals surface area (Å²) < 4.78 is 3.28. The molecule has 1 amide bonds. The SMILES string of the molecule is Cc1cnc(C(=O)N[C@H](C)c2cc3cccc(C#Cc4cnn(C)c4)c3c(=O)n2-c2ccccc2)c(N)n1. The van der Waals surface area contributed by atoms with Crippen LogP contribution in [0, 0.1) is 18.8 Å². The highest BCUT2D eigenvalue weighted by Crippen LogP contribution is 2.23. The Balaban J connectivity index is 1.64. The number of benzene rings is 2. The average Bonchev–Trinajstić information content (AvgIpc) is 3.32. The summed E-state index contributed by atoms with van der Waals surface area (Å²) in [7, 11) is 1.82. The minimum Gasteiger partial charge on any atom is -0.382 e. The molecule has 0 bridgehead atoms. The maximum Gasteiger partial charge on any atom is 0.274 e. The maximum absolute atomic E-state index is 14.1. The Labute approximate surface area is 219 Å². The summed E-state index contributed by atoms with van der Waals surface area (Å²) in [4.78, 5) is 35.4. The summed E-state index contributed by atoms with van der Waals surface area (Å²) in [6.45, 7) is 3.55. The number of aromatic nitrogens is 5. The third-order valence-corrected chi connectivity index (χ3v) is 6.06. The zero-order valence-electron chi connectivity index (χ0n) is 21.1. The number of hydrogen-bond donors (Lipinski definition) is 2. The number of nitrogens with two attached hydrogens (primary N) is 1. The molecule has 3 aromatic heterocycles. The second-order valence-corrected chi connectivity index (χ2v) is 8.91. The van der Waals surface area contributed by atoms with Crippen LogP contribution in [0.15, 0.2) is 78.0 Å². The number of carbonyl (C=O) groups is 1. The van der Waals surface area contributed by atoms with Crippen LogP contribution < -0.4 is 16.6 Å². The molecule has 38 heavy (non-hydrogen) atoms. The molecular weight excluding hydrogens is 478 g/mol. The molecule has 0 radical (unpaired) electrons. The van der Waals surface area contributed by atoms with Gasteiger partial charge in [-0.1, -0.05) is 42.2 Å². The number of amides is 1. The fourth-order valence-electron chi connectivity index (χ4n) is 4.28. The second kappa shape index (κ2) is 10.0. The molecule has 0 unspecified atom stereocenters. The van der Waals surface area contributed by atoms with Crippen LogP contribution in [0.4, 0.5) is 5.82 Å². The number of pyridine rings is 1. The lowest BCUT2D eigenvalue weighted by molar-refractivity contribution is 0.0934. The van der Waals surface area contributed by atoms with Gasteiger partial charge in [0, 0.05) is 36.4 Å². The van der Waals surface area contributed by atoms with E-state index in [9.17, 15) is 9.59 Å². The van der Waals surface area contributed by atoms with E-state index >= 15 is 0 Å². The molecule has 0 aliphatic carbocycles. The summed E-state index contributed by atoms with van der Waals surface area (Å²) in [5.74, 6) is 5.79. The van der Waals surface area contributed by atoms with Crippen molar-refractivity contribution in [3.63, 3.8) is 0 Å². The van der Waals surface area contributed by atoms with Crippen LogP contribution in [0.5, 0.6) is 0 Å². The van der Waals surface area contributed by atoms with Gasteiger partial charge in [0.15, 0.2) is 11.5 Å². The van der Waals surface area contributed by atoms with E-state index in [0.717, 1.165) is 5.56 Å². The molecule has 0 saturated carbocycles. The fraction of sp³-hybridized carbons (Fsp3) is 0.138. The summed E-state index contributed by atoms with van der Waals surface area (Å²) in [6, 6.07) is 16.2. The Morgan fingerprint density at radius 2 is 1.87 bits per heavy atom. The highest BCUT2D eigenvalue weighted by atomic mass is 16.2. The standard InChI is InChI=1S/C29H25N7O2/c1-18-15-31-26(27(30)33-18)28(37)34-19(2)24-14-22-9-7-8-21(13-12-20-16-32-35(3)17-20)25(22)29(38)36(24)23-10-5-4-6-11-23/h4-11,14-17,19H,1-3H3,(H2,30,33)(H,34,37)/t19-/m1/s1. The number of nitrogen functional groups attached to an aromatic ring is 1. The van der Waals surface area contributed by atoms with Gasteiger partial charge in [-0.15, -0.1) is 0 Å². The van der Waals surface area contributed by atoms with Gasteiger partial charge in [-0.25, -0.2) is 9.97 Å². The van der Waals surface area contributed by atoms with Crippen LogP contribution in [0.25, 0.3) is 16.5 Å². The van der Waals surface area contributed by atoms with Crippen molar-refractivity contribution in [2.24, 2.45) is 7.05 Å². The summed E-state index contributed by atoms with van der Waals surface area (Å²) in [5, 5.41) is 8.27. The largest absolute Gasteiger partial charge is 0.382 e. The number of aryl methyl sites for hydroxylation is 2. The zero-order valence-corrected chi connectivity index (χ0v) is 21.1. The molecule has 0 aliphatic heterocycles. The summed E-state index contributed by atoms with van der Waals surface area (Å²) >= 11 is 0. The van der Waals surface area contributed by atoms with Crippen LogP contribution >= 0.6 is 0 Å². The molecule has 0 fully saturated rings. The zero-order chi connectivity index (χ0) is 26.8. The third-order valence-electron chi connectivity index (χ3n) is 6.06. The lowest BCUT2D eigenvalue weighted by Crippen LogP contribution is -2.33. The lowest BCUT2D eigenvalue weighted by Gasteiger charge is -2.21. The van der Waals surface area contributed by atoms with Crippen molar-refractivity contribution in [2.75, 3.05) is 5.73 Å². The Morgan fingerprint density at radius 1 is 1.08 bits per heavy atom. The summed E-state index contributed by atoms with van der Waals surface area (Å²) in [5.41, 5.74) is 8.96. The Hall–Kier alpha value is -5.23. The van der Waals surface area contributed by atoms with Crippen LogP contribution in [0.1, 0.15) is 46.0 Å². The van der Waals surface area contributed by atoms with E-state index in [1.165, 1.54) is 6.20 Å². The van der Waals surface area contributed by atoms with Gasteiger partial charge in [0.25, 0.3) is 11.5 Å². The number of anilines is 1. The summed E-state index contributed by atoms with van der Waals surface area (Å²) in [6.07, 6.45) is 4.97. The van der Waals surface area contributed by atoms with Crippen LogP contribution in [-0.4, -0.2) is 30.2 Å².